The molecule has 21 heteroatoms. The molecule has 3 fully saturated rings. The molecule has 0 aromatic carbocycles. The van der Waals surface area contributed by atoms with Gasteiger partial charge in [-0.3, -0.25) is 9.59 Å². The van der Waals surface area contributed by atoms with E-state index in [0.717, 1.165) is 32.6 Å². The van der Waals surface area contributed by atoms with Gasteiger partial charge in [0.05, 0.1) is 38.6 Å². The Morgan fingerprint density at radius 3 is 1.97 bits per heavy atom. The summed E-state index contributed by atoms with van der Waals surface area (Å²) in [5.41, 5.74) is 0. The van der Waals surface area contributed by atoms with Crippen molar-refractivity contribution in [2.24, 2.45) is 5.92 Å². The number of rotatable bonds is 24. The highest BCUT2D eigenvalue weighted by atomic mass is 16.8. The lowest BCUT2D eigenvalue weighted by Crippen LogP contribution is -2.69. The van der Waals surface area contributed by atoms with E-state index < -0.39 is 142 Å². The fourth-order valence-corrected chi connectivity index (χ4v) is 7.55. The van der Waals surface area contributed by atoms with Crippen molar-refractivity contribution >= 4 is 17.8 Å². The van der Waals surface area contributed by atoms with Gasteiger partial charge in [-0.25, -0.2) is 4.79 Å². The zero-order valence-electron chi connectivity index (χ0n) is 34.3. The number of hydrogen-bond acceptors (Lipinski definition) is 18. The smallest absolute Gasteiger partial charge is 0.364 e. The van der Waals surface area contributed by atoms with Crippen LogP contribution < -0.4 is 10.6 Å². The van der Waals surface area contributed by atoms with Crippen molar-refractivity contribution in [3.8, 4) is 0 Å². The van der Waals surface area contributed by atoms with Gasteiger partial charge in [0, 0.05) is 20.3 Å². The van der Waals surface area contributed by atoms with E-state index in [-0.39, 0.29) is 12.5 Å². The summed E-state index contributed by atoms with van der Waals surface area (Å²) in [4.78, 5) is 36.7. The average molecular weight is 857 g/mol. The van der Waals surface area contributed by atoms with Crippen LogP contribution in [0, 0.1) is 5.92 Å². The quantitative estimate of drug-likeness (QED) is 0.0434. The molecule has 0 aromatic heterocycles. The van der Waals surface area contributed by atoms with E-state index in [2.05, 4.69) is 17.6 Å². The van der Waals surface area contributed by atoms with Gasteiger partial charge in [0.1, 0.15) is 67.1 Å². The van der Waals surface area contributed by atoms with Crippen molar-refractivity contribution in [3.63, 3.8) is 0 Å². The van der Waals surface area contributed by atoms with E-state index in [1.54, 1.807) is 0 Å². The first-order valence-corrected chi connectivity index (χ1v) is 20.6. The molecule has 3 rings (SSSR count). The van der Waals surface area contributed by atoms with E-state index in [1.165, 1.54) is 39.0 Å². The number of aliphatic hydroxyl groups is 9. The molecule has 2 amide bonds. The lowest BCUT2D eigenvalue weighted by molar-refractivity contribution is -0.360. The number of carboxylic acids is 1. The fraction of sp³-hybridized carbons (Fsp3) is 0.921. The number of ether oxygens (including phenoxy) is 6. The van der Waals surface area contributed by atoms with Crippen LogP contribution >= 0.6 is 0 Å². The van der Waals surface area contributed by atoms with E-state index in [1.807, 2.05) is 6.92 Å². The Balaban J connectivity index is 1.72. The first-order chi connectivity index (χ1) is 27.9. The van der Waals surface area contributed by atoms with Crippen molar-refractivity contribution in [2.75, 3.05) is 26.4 Å². The topological polar surface area (TPSA) is 333 Å². The van der Waals surface area contributed by atoms with Crippen molar-refractivity contribution < 1.29 is 93.9 Å². The summed E-state index contributed by atoms with van der Waals surface area (Å²) < 4.78 is 34.7. The van der Waals surface area contributed by atoms with E-state index in [9.17, 15) is 65.4 Å². The fourth-order valence-electron chi connectivity index (χ4n) is 7.55. The minimum atomic E-state index is -2.84. The normalized spacial score (nSPS) is 36.7. The molecule has 0 radical (unpaired) electrons. The van der Waals surface area contributed by atoms with E-state index in [4.69, 9.17) is 28.4 Å². The molecule has 0 aliphatic carbocycles. The van der Waals surface area contributed by atoms with Crippen LogP contribution in [0.15, 0.2) is 0 Å². The largest absolute Gasteiger partial charge is 0.477 e. The second-order valence-electron chi connectivity index (χ2n) is 15.9. The number of aliphatic carboxylic acids is 1. The first kappa shape index (κ1) is 51.2. The van der Waals surface area contributed by atoms with Gasteiger partial charge in [0.25, 0.3) is 5.79 Å². The lowest BCUT2D eigenvalue weighted by atomic mass is 9.88. The second kappa shape index (κ2) is 24.4. The third-order valence-electron chi connectivity index (χ3n) is 10.9. The molecule has 0 spiro atoms. The lowest BCUT2D eigenvalue weighted by Gasteiger charge is -2.48. The van der Waals surface area contributed by atoms with Gasteiger partial charge in [-0.1, -0.05) is 65.2 Å². The summed E-state index contributed by atoms with van der Waals surface area (Å²) in [5, 5.41) is 111. The SMILES string of the molecule is CCCCCCCCCCC(C)COC1OC(CO)C(OC2OC(CO[C@]3(C(=O)O)C[C@H](O)C(NC(C)=O)C([C@H](O)[C@H](O)CO)O3)C(O)C(O)C2O)C(O)C1NC(C)=O. The number of carboxylic acid groups (broad SMARTS) is 1. The van der Waals surface area contributed by atoms with Gasteiger partial charge in [-0.15, -0.1) is 0 Å². The molecule has 12 N–H and O–H groups in total. The zero-order valence-corrected chi connectivity index (χ0v) is 34.3. The van der Waals surface area contributed by atoms with Crippen molar-refractivity contribution in [3.05, 3.63) is 0 Å². The monoisotopic (exact) mass is 856 g/mol. The van der Waals surface area contributed by atoms with Gasteiger partial charge in [-0.2, -0.15) is 0 Å². The summed E-state index contributed by atoms with van der Waals surface area (Å²) in [6, 6.07) is -2.73. The van der Waals surface area contributed by atoms with Crippen molar-refractivity contribution in [1.82, 2.24) is 10.6 Å². The Bertz CT molecular complexity index is 1290. The molecular weight excluding hydrogens is 788 g/mol. The van der Waals surface area contributed by atoms with E-state index in [0.29, 0.717) is 0 Å². The molecule has 0 bridgehead atoms. The van der Waals surface area contributed by atoms with Crippen LogP contribution in [0.25, 0.3) is 0 Å². The third kappa shape index (κ3) is 14.2. The Labute approximate surface area is 343 Å². The van der Waals surface area contributed by atoms with Crippen LogP contribution in [-0.4, -0.2) is 193 Å². The minimum absolute atomic E-state index is 0.0949. The summed E-state index contributed by atoms with van der Waals surface area (Å²) in [5.74, 6) is -5.87. The number of aliphatic hydroxyl groups excluding tert-OH is 9. The Kier molecular flexibility index (Phi) is 21.2. The minimum Gasteiger partial charge on any atom is -0.477 e. The van der Waals surface area contributed by atoms with Crippen molar-refractivity contribution in [1.29, 1.82) is 0 Å². The van der Waals surface area contributed by atoms with Crippen molar-refractivity contribution in [2.45, 2.75) is 189 Å². The summed E-state index contributed by atoms with van der Waals surface area (Å²) in [6.07, 6.45) is -13.7. The Morgan fingerprint density at radius 2 is 1.39 bits per heavy atom. The molecule has 3 saturated heterocycles. The van der Waals surface area contributed by atoms with Gasteiger partial charge >= 0.3 is 5.97 Å². The molecule has 344 valence electrons. The maximum absolute atomic E-state index is 12.6. The van der Waals surface area contributed by atoms with Gasteiger partial charge < -0.3 is 90.1 Å². The molecular formula is C38H68N2O19. The van der Waals surface area contributed by atoms with E-state index >= 15 is 0 Å². The van der Waals surface area contributed by atoms with Crippen LogP contribution in [0.4, 0.5) is 0 Å². The number of hydrogen-bond donors (Lipinski definition) is 12. The first-order valence-electron chi connectivity index (χ1n) is 20.6. The van der Waals surface area contributed by atoms with Crippen LogP contribution in [0.2, 0.25) is 0 Å². The molecule has 3 heterocycles. The molecule has 0 aromatic rings. The highest BCUT2D eigenvalue weighted by molar-refractivity contribution is 5.76. The highest BCUT2D eigenvalue weighted by Gasteiger charge is 2.57. The number of carbonyl (C=O) groups is 3. The molecule has 59 heavy (non-hydrogen) atoms. The van der Waals surface area contributed by atoms with Crippen LogP contribution in [0.5, 0.6) is 0 Å². The van der Waals surface area contributed by atoms with Crippen LogP contribution in [0.3, 0.4) is 0 Å². The number of nitrogens with one attached hydrogen (secondary N) is 2. The standard InChI is InChI=1S/C38H68N2O19/c1-5-6-7-8-9-10-11-12-13-19(2)17-54-35-27(40-21(4)44)30(49)33(24(16-42)56-35)58-36-32(51)31(50)29(48)25(57-36)18-55-38(37(52)53)14-22(45)26(39-20(3)43)34(59-38)28(47)23(46)15-41/h19,22-36,41-42,45-51H,5-18H2,1-4H3,(H,39,43)(H,40,44)(H,52,53)/t19?,22-,23+,24?,25?,26?,27?,28+,29?,30?,31?,32?,33?,34?,35?,36?,38+/m0/s1. The molecule has 3 aliphatic heterocycles. The second-order valence-corrected chi connectivity index (χ2v) is 15.9. The highest BCUT2D eigenvalue weighted by Crippen LogP contribution is 2.36. The average Bonchev–Trinajstić information content (AvgIpc) is 3.19. The summed E-state index contributed by atoms with van der Waals surface area (Å²) in [7, 11) is 0. The number of amides is 2. The molecule has 13 unspecified atom stereocenters. The molecule has 21 nitrogen and oxygen atoms in total. The predicted octanol–water partition coefficient (Wildman–Crippen LogP) is -2.89. The molecule has 0 saturated carbocycles. The van der Waals surface area contributed by atoms with Gasteiger partial charge in [0.2, 0.25) is 11.8 Å². The van der Waals surface area contributed by atoms with Crippen LogP contribution in [0.1, 0.15) is 91.9 Å². The predicted molar refractivity (Wildman–Crippen MR) is 202 cm³/mol. The van der Waals surface area contributed by atoms with Crippen LogP contribution in [-0.2, 0) is 42.8 Å². The third-order valence-corrected chi connectivity index (χ3v) is 10.9. The van der Waals surface area contributed by atoms with Gasteiger partial charge in [0.15, 0.2) is 12.6 Å². The number of unbranched alkanes of at least 4 members (excludes halogenated alkanes) is 7. The summed E-state index contributed by atoms with van der Waals surface area (Å²) >= 11 is 0. The maximum atomic E-state index is 12.6. The number of carbonyl (C=O) groups excluding carboxylic acids is 2. The zero-order chi connectivity index (χ0) is 44.0. The van der Waals surface area contributed by atoms with Gasteiger partial charge in [-0.05, 0) is 12.3 Å². The molecule has 17 atom stereocenters. The Hall–Kier alpha value is -2.19. The maximum Gasteiger partial charge on any atom is 0.364 e. The molecule has 3 aliphatic rings. The summed E-state index contributed by atoms with van der Waals surface area (Å²) in [6.45, 7) is 3.95. The Morgan fingerprint density at radius 1 is 0.797 bits per heavy atom.